The molecule has 3 rings (SSSR count). The van der Waals surface area contributed by atoms with E-state index in [1.807, 2.05) is 18.2 Å². The summed E-state index contributed by atoms with van der Waals surface area (Å²) >= 11 is 1.67. The first-order chi connectivity index (χ1) is 8.78. The van der Waals surface area contributed by atoms with Gasteiger partial charge in [0, 0.05) is 11.6 Å². The molecule has 2 aromatic rings. The molecule has 1 aliphatic carbocycles. The number of nitrogens with two attached hydrogens (primary N) is 1. The smallest absolute Gasteiger partial charge is 0.113 e. The van der Waals surface area contributed by atoms with Gasteiger partial charge in [0.2, 0.25) is 0 Å². The van der Waals surface area contributed by atoms with Crippen LogP contribution in [-0.2, 0) is 5.54 Å². The molecule has 94 valence electrons. The maximum Gasteiger partial charge on any atom is 0.113 e. The highest BCUT2D eigenvalue weighted by Gasteiger charge is 2.32. The topological polar surface area (TPSA) is 51.8 Å². The number of aromatic nitrogens is 2. The number of rotatable bonds is 2. The van der Waals surface area contributed by atoms with Crippen LogP contribution in [0.15, 0.2) is 29.8 Å². The number of pyridine rings is 1. The lowest BCUT2D eigenvalue weighted by Gasteiger charge is -2.31. The second-order valence-corrected chi connectivity index (χ2v) is 5.83. The molecular formula is C14H17N3S. The molecular weight excluding hydrogens is 242 g/mol. The molecule has 1 fully saturated rings. The van der Waals surface area contributed by atoms with Crippen LogP contribution in [0.4, 0.5) is 0 Å². The van der Waals surface area contributed by atoms with Crippen LogP contribution in [-0.4, -0.2) is 9.97 Å². The number of thiazole rings is 1. The fraction of sp³-hybridized carbons (Fsp3) is 0.429. The van der Waals surface area contributed by atoms with Crippen molar-refractivity contribution >= 4 is 11.3 Å². The van der Waals surface area contributed by atoms with E-state index in [4.69, 9.17) is 10.7 Å². The summed E-state index contributed by atoms with van der Waals surface area (Å²) in [6.45, 7) is 0. The average Bonchev–Trinajstić information content (AvgIpc) is 2.91. The standard InChI is InChI=1S/C14H17N3S/c15-14(7-3-1-4-8-14)13-17-12(10-18-13)11-6-2-5-9-16-11/h2,5-6,9-10H,1,3-4,7-8,15H2. The Kier molecular flexibility index (Phi) is 3.14. The average molecular weight is 259 g/mol. The molecule has 2 aromatic heterocycles. The predicted molar refractivity (Wildman–Crippen MR) is 74.3 cm³/mol. The zero-order valence-corrected chi connectivity index (χ0v) is 11.1. The monoisotopic (exact) mass is 259 g/mol. The molecule has 0 atom stereocenters. The molecule has 0 bridgehead atoms. The Morgan fingerprint density at radius 1 is 1.11 bits per heavy atom. The molecule has 2 heterocycles. The van der Waals surface area contributed by atoms with Gasteiger partial charge in [-0.1, -0.05) is 25.3 Å². The quantitative estimate of drug-likeness (QED) is 0.900. The van der Waals surface area contributed by atoms with Crippen LogP contribution in [0.25, 0.3) is 11.4 Å². The van der Waals surface area contributed by atoms with Crippen molar-refractivity contribution in [3.05, 3.63) is 34.8 Å². The van der Waals surface area contributed by atoms with Gasteiger partial charge in [0.1, 0.15) is 5.01 Å². The summed E-state index contributed by atoms with van der Waals surface area (Å²) in [6, 6.07) is 5.89. The first-order valence-electron chi connectivity index (χ1n) is 6.44. The van der Waals surface area contributed by atoms with E-state index in [1.165, 1.54) is 19.3 Å². The van der Waals surface area contributed by atoms with Crippen LogP contribution >= 0.6 is 11.3 Å². The minimum Gasteiger partial charge on any atom is -0.319 e. The Morgan fingerprint density at radius 2 is 1.94 bits per heavy atom. The maximum absolute atomic E-state index is 6.50. The highest BCUT2D eigenvalue weighted by atomic mass is 32.1. The molecule has 0 spiro atoms. The van der Waals surface area contributed by atoms with Crippen molar-refractivity contribution in [2.45, 2.75) is 37.6 Å². The lowest BCUT2D eigenvalue weighted by atomic mass is 9.83. The van der Waals surface area contributed by atoms with Crippen LogP contribution in [0.2, 0.25) is 0 Å². The van der Waals surface area contributed by atoms with Crippen molar-refractivity contribution in [1.29, 1.82) is 0 Å². The predicted octanol–water partition coefficient (Wildman–Crippen LogP) is 3.32. The Bertz CT molecular complexity index is 515. The SMILES string of the molecule is NC1(c2nc(-c3ccccn3)cs2)CCCCC1. The van der Waals surface area contributed by atoms with Gasteiger partial charge in [0.15, 0.2) is 0 Å². The van der Waals surface area contributed by atoms with E-state index in [-0.39, 0.29) is 5.54 Å². The van der Waals surface area contributed by atoms with E-state index in [9.17, 15) is 0 Å². The summed E-state index contributed by atoms with van der Waals surface area (Å²) < 4.78 is 0. The summed E-state index contributed by atoms with van der Waals surface area (Å²) in [5.74, 6) is 0. The molecule has 0 amide bonds. The molecule has 0 saturated heterocycles. The van der Waals surface area contributed by atoms with Crippen molar-refractivity contribution < 1.29 is 0 Å². The van der Waals surface area contributed by atoms with Gasteiger partial charge in [-0.15, -0.1) is 11.3 Å². The van der Waals surface area contributed by atoms with Crippen molar-refractivity contribution in [3.63, 3.8) is 0 Å². The van der Waals surface area contributed by atoms with Gasteiger partial charge in [-0.3, -0.25) is 4.98 Å². The molecule has 2 N–H and O–H groups in total. The third-order valence-corrected chi connectivity index (χ3v) is 4.67. The van der Waals surface area contributed by atoms with Crippen LogP contribution in [0, 0.1) is 0 Å². The summed E-state index contributed by atoms with van der Waals surface area (Å²) in [5, 5.41) is 3.14. The normalized spacial score (nSPS) is 18.7. The Balaban J connectivity index is 1.89. The Hall–Kier alpha value is -1.26. The van der Waals surface area contributed by atoms with Crippen LogP contribution < -0.4 is 5.73 Å². The summed E-state index contributed by atoms with van der Waals surface area (Å²) in [7, 11) is 0. The third kappa shape index (κ3) is 2.18. The Labute approximate surface area is 111 Å². The summed E-state index contributed by atoms with van der Waals surface area (Å²) in [4.78, 5) is 9.04. The van der Waals surface area contributed by atoms with Gasteiger partial charge >= 0.3 is 0 Å². The van der Waals surface area contributed by atoms with Gasteiger partial charge in [0.05, 0.1) is 16.9 Å². The van der Waals surface area contributed by atoms with E-state index in [1.54, 1.807) is 17.5 Å². The molecule has 4 heteroatoms. The van der Waals surface area contributed by atoms with Gasteiger partial charge in [-0.25, -0.2) is 4.98 Å². The molecule has 0 radical (unpaired) electrons. The molecule has 0 aromatic carbocycles. The van der Waals surface area contributed by atoms with E-state index in [0.717, 1.165) is 29.2 Å². The first kappa shape index (κ1) is 11.8. The molecule has 18 heavy (non-hydrogen) atoms. The molecule has 0 unspecified atom stereocenters. The fourth-order valence-corrected chi connectivity index (χ4v) is 3.52. The lowest BCUT2D eigenvalue weighted by molar-refractivity contribution is 0.301. The molecule has 1 aliphatic rings. The molecule has 3 nitrogen and oxygen atoms in total. The second-order valence-electron chi connectivity index (χ2n) is 4.97. The first-order valence-corrected chi connectivity index (χ1v) is 7.32. The zero-order valence-electron chi connectivity index (χ0n) is 10.3. The van der Waals surface area contributed by atoms with Crippen LogP contribution in [0.1, 0.15) is 37.1 Å². The highest BCUT2D eigenvalue weighted by molar-refractivity contribution is 7.10. The highest BCUT2D eigenvalue weighted by Crippen LogP contribution is 2.37. The Morgan fingerprint density at radius 3 is 2.67 bits per heavy atom. The van der Waals surface area contributed by atoms with Gasteiger partial charge < -0.3 is 5.73 Å². The van der Waals surface area contributed by atoms with Crippen molar-refractivity contribution in [3.8, 4) is 11.4 Å². The molecule has 1 saturated carbocycles. The van der Waals surface area contributed by atoms with E-state index in [0.29, 0.717) is 0 Å². The summed E-state index contributed by atoms with van der Waals surface area (Å²) in [5.41, 5.74) is 8.18. The summed E-state index contributed by atoms with van der Waals surface area (Å²) in [6.07, 6.45) is 7.65. The lowest BCUT2D eigenvalue weighted by Crippen LogP contribution is -2.38. The zero-order chi connectivity index (χ0) is 12.4. The van der Waals surface area contributed by atoms with E-state index >= 15 is 0 Å². The third-order valence-electron chi connectivity index (χ3n) is 3.60. The van der Waals surface area contributed by atoms with Crippen LogP contribution in [0.3, 0.4) is 0 Å². The van der Waals surface area contributed by atoms with Crippen molar-refractivity contribution in [1.82, 2.24) is 9.97 Å². The largest absolute Gasteiger partial charge is 0.319 e. The van der Waals surface area contributed by atoms with Gasteiger partial charge in [-0.05, 0) is 25.0 Å². The second kappa shape index (κ2) is 4.78. The minimum atomic E-state index is -0.198. The van der Waals surface area contributed by atoms with E-state index in [2.05, 4.69) is 10.4 Å². The number of nitrogens with zero attached hydrogens (tertiary/aromatic N) is 2. The van der Waals surface area contributed by atoms with E-state index < -0.39 is 0 Å². The van der Waals surface area contributed by atoms with Crippen LogP contribution in [0.5, 0.6) is 0 Å². The number of hydrogen-bond donors (Lipinski definition) is 1. The number of hydrogen-bond acceptors (Lipinski definition) is 4. The van der Waals surface area contributed by atoms with Crippen molar-refractivity contribution in [2.24, 2.45) is 5.73 Å². The van der Waals surface area contributed by atoms with Crippen molar-refractivity contribution in [2.75, 3.05) is 0 Å². The van der Waals surface area contributed by atoms with Gasteiger partial charge in [0.25, 0.3) is 0 Å². The fourth-order valence-electron chi connectivity index (χ4n) is 2.53. The van der Waals surface area contributed by atoms with Gasteiger partial charge in [-0.2, -0.15) is 0 Å². The minimum absolute atomic E-state index is 0.198. The molecule has 0 aliphatic heterocycles. The maximum atomic E-state index is 6.50.